The van der Waals surface area contributed by atoms with E-state index in [-0.39, 0.29) is 5.82 Å². The molecule has 2 heteroatoms. The minimum absolute atomic E-state index is 0.195. The molecule has 0 fully saturated rings. The average molecular weight is 216 g/mol. The first-order valence-corrected chi connectivity index (χ1v) is 5.44. The maximum absolute atomic E-state index is 12.9. The third kappa shape index (κ3) is 2.45. The molecule has 1 heterocycles. The van der Waals surface area contributed by atoms with E-state index in [4.69, 9.17) is 6.42 Å². The van der Waals surface area contributed by atoms with Gasteiger partial charge in [-0.1, -0.05) is 18.1 Å². The van der Waals surface area contributed by atoms with Crippen molar-refractivity contribution in [2.75, 3.05) is 0 Å². The standard InChI is InChI=1S/C13H9FS/c1-2-13-8-11(9-15-13)6-10-4-3-5-12(14)7-10/h1,3-5,7-9H,6H2. The van der Waals surface area contributed by atoms with Crippen LogP contribution in [-0.4, -0.2) is 0 Å². The maximum Gasteiger partial charge on any atom is 0.123 e. The molecule has 0 radical (unpaired) electrons. The zero-order chi connectivity index (χ0) is 10.7. The van der Waals surface area contributed by atoms with Crippen molar-refractivity contribution in [1.29, 1.82) is 0 Å². The monoisotopic (exact) mass is 216 g/mol. The smallest absolute Gasteiger partial charge is 0.123 e. The largest absolute Gasteiger partial charge is 0.207 e. The Bertz CT molecular complexity index is 505. The molecule has 2 rings (SSSR count). The highest BCUT2D eigenvalue weighted by atomic mass is 32.1. The fraction of sp³-hybridized carbons (Fsp3) is 0.0769. The van der Waals surface area contributed by atoms with Gasteiger partial charge in [0.1, 0.15) is 5.82 Å². The summed E-state index contributed by atoms with van der Waals surface area (Å²) in [4.78, 5) is 0.918. The second-order valence-electron chi connectivity index (χ2n) is 3.27. The van der Waals surface area contributed by atoms with Crippen LogP contribution >= 0.6 is 11.3 Å². The first-order valence-electron chi connectivity index (χ1n) is 4.56. The van der Waals surface area contributed by atoms with Crippen LogP contribution in [0, 0.1) is 18.2 Å². The van der Waals surface area contributed by atoms with Crippen molar-refractivity contribution >= 4 is 11.3 Å². The fourth-order valence-corrected chi connectivity index (χ4v) is 2.14. The summed E-state index contributed by atoms with van der Waals surface area (Å²) in [7, 11) is 0. The van der Waals surface area contributed by atoms with Crippen molar-refractivity contribution in [1.82, 2.24) is 0 Å². The van der Waals surface area contributed by atoms with Gasteiger partial charge in [0, 0.05) is 0 Å². The number of hydrogen-bond donors (Lipinski definition) is 0. The lowest BCUT2D eigenvalue weighted by Crippen LogP contribution is -1.86. The normalized spacial score (nSPS) is 9.87. The SMILES string of the molecule is C#Cc1cc(Cc2cccc(F)c2)cs1. The van der Waals surface area contributed by atoms with Crippen molar-refractivity contribution in [2.24, 2.45) is 0 Å². The van der Waals surface area contributed by atoms with E-state index in [0.29, 0.717) is 0 Å². The molecule has 0 nitrogen and oxygen atoms in total. The molecule has 0 amide bonds. The lowest BCUT2D eigenvalue weighted by atomic mass is 10.1. The second kappa shape index (κ2) is 4.29. The number of hydrogen-bond acceptors (Lipinski definition) is 1. The number of benzene rings is 1. The van der Waals surface area contributed by atoms with E-state index in [2.05, 4.69) is 5.92 Å². The summed E-state index contributed by atoms with van der Waals surface area (Å²) in [6.45, 7) is 0. The first kappa shape index (κ1) is 9.95. The van der Waals surface area contributed by atoms with Crippen LogP contribution in [-0.2, 0) is 6.42 Å². The van der Waals surface area contributed by atoms with Crippen LogP contribution in [0.3, 0.4) is 0 Å². The summed E-state index contributed by atoms with van der Waals surface area (Å²) in [6, 6.07) is 8.60. The van der Waals surface area contributed by atoms with Crippen molar-refractivity contribution in [3.05, 3.63) is 57.5 Å². The Morgan fingerprint density at radius 1 is 1.27 bits per heavy atom. The summed E-state index contributed by atoms with van der Waals surface area (Å²) in [5.41, 5.74) is 2.11. The van der Waals surface area contributed by atoms with E-state index in [9.17, 15) is 4.39 Å². The van der Waals surface area contributed by atoms with Gasteiger partial charge in [-0.15, -0.1) is 17.8 Å². The molecule has 0 atom stereocenters. The Morgan fingerprint density at radius 3 is 2.80 bits per heavy atom. The Hall–Kier alpha value is -1.59. The van der Waals surface area contributed by atoms with Gasteiger partial charge in [-0.2, -0.15) is 0 Å². The van der Waals surface area contributed by atoms with Crippen molar-refractivity contribution in [2.45, 2.75) is 6.42 Å². The molecule has 0 aliphatic heterocycles. The molecular weight excluding hydrogens is 207 g/mol. The van der Waals surface area contributed by atoms with Crippen LogP contribution in [0.2, 0.25) is 0 Å². The van der Waals surface area contributed by atoms with E-state index in [1.165, 1.54) is 6.07 Å². The van der Waals surface area contributed by atoms with Crippen molar-refractivity contribution in [3.63, 3.8) is 0 Å². The molecule has 15 heavy (non-hydrogen) atoms. The van der Waals surface area contributed by atoms with Gasteiger partial charge in [0.15, 0.2) is 0 Å². The molecule has 74 valence electrons. The van der Waals surface area contributed by atoms with Gasteiger partial charge < -0.3 is 0 Å². The van der Waals surface area contributed by atoms with E-state index < -0.39 is 0 Å². The topological polar surface area (TPSA) is 0 Å². The zero-order valence-corrected chi connectivity index (χ0v) is 8.85. The maximum atomic E-state index is 12.9. The molecule has 0 unspecified atom stereocenters. The summed E-state index contributed by atoms with van der Waals surface area (Å²) >= 11 is 1.54. The highest BCUT2D eigenvalue weighted by Crippen LogP contribution is 2.17. The van der Waals surface area contributed by atoms with E-state index in [1.807, 2.05) is 17.5 Å². The summed E-state index contributed by atoms with van der Waals surface area (Å²) in [5.74, 6) is 2.39. The molecule has 0 N–H and O–H groups in total. The Balaban J connectivity index is 2.19. The first-order chi connectivity index (χ1) is 7.28. The van der Waals surface area contributed by atoms with Crippen LogP contribution in [0.15, 0.2) is 35.7 Å². The lowest BCUT2D eigenvalue weighted by Gasteiger charge is -1.98. The van der Waals surface area contributed by atoms with Gasteiger partial charge >= 0.3 is 0 Å². The van der Waals surface area contributed by atoms with Crippen LogP contribution in [0.25, 0.3) is 0 Å². The zero-order valence-electron chi connectivity index (χ0n) is 8.03. The van der Waals surface area contributed by atoms with Gasteiger partial charge in [-0.05, 0) is 41.1 Å². The minimum Gasteiger partial charge on any atom is -0.207 e. The second-order valence-corrected chi connectivity index (χ2v) is 4.18. The van der Waals surface area contributed by atoms with Crippen LogP contribution < -0.4 is 0 Å². The predicted octanol–water partition coefficient (Wildman–Crippen LogP) is 3.46. The number of rotatable bonds is 2. The van der Waals surface area contributed by atoms with Gasteiger partial charge in [-0.25, -0.2) is 4.39 Å². The van der Waals surface area contributed by atoms with Gasteiger partial charge in [0.2, 0.25) is 0 Å². The number of thiophene rings is 1. The van der Waals surface area contributed by atoms with E-state index in [1.54, 1.807) is 23.5 Å². The van der Waals surface area contributed by atoms with Crippen molar-refractivity contribution in [3.8, 4) is 12.3 Å². The molecule has 2 aromatic rings. The van der Waals surface area contributed by atoms with Crippen LogP contribution in [0.1, 0.15) is 16.0 Å². The van der Waals surface area contributed by atoms with Crippen molar-refractivity contribution < 1.29 is 4.39 Å². The summed E-state index contributed by atoms with van der Waals surface area (Å²) < 4.78 is 12.9. The number of halogens is 1. The molecule has 0 aliphatic rings. The molecule has 1 aromatic carbocycles. The Kier molecular flexibility index (Phi) is 2.84. The third-order valence-corrected chi connectivity index (χ3v) is 3.00. The van der Waals surface area contributed by atoms with Crippen LogP contribution in [0.4, 0.5) is 4.39 Å². The van der Waals surface area contributed by atoms with Gasteiger partial charge in [-0.3, -0.25) is 0 Å². The summed E-state index contributed by atoms with van der Waals surface area (Å²) in [5, 5.41) is 2.01. The minimum atomic E-state index is -0.195. The lowest BCUT2D eigenvalue weighted by molar-refractivity contribution is 0.626. The number of terminal acetylenes is 1. The molecule has 0 spiro atoms. The average Bonchev–Trinajstić information content (AvgIpc) is 2.65. The van der Waals surface area contributed by atoms with Crippen LogP contribution in [0.5, 0.6) is 0 Å². The van der Waals surface area contributed by atoms with E-state index >= 15 is 0 Å². The summed E-state index contributed by atoms with van der Waals surface area (Å²) in [6.07, 6.45) is 6.01. The fourth-order valence-electron chi connectivity index (χ4n) is 1.43. The van der Waals surface area contributed by atoms with E-state index in [0.717, 1.165) is 22.4 Å². The predicted molar refractivity (Wildman–Crippen MR) is 61.5 cm³/mol. The molecule has 0 saturated heterocycles. The quantitative estimate of drug-likeness (QED) is 0.674. The molecule has 0 aliphatic carbocycles. The molecule has 0 saturated carbocycles. The van der Waals surface area contributed by atoms with Gasteiger partial charge in [0.05, 0.1) is 4.88 Å². The molecule has 0 bridgehead atoms. The Morgan fingerprint density at radius 2 is 2.13 bits per heavy atom. The Labute approximate surface area is 92.4 Å². The highest BCUT2D eigenvalue weighted by molar-refractivity contribution is 7.10. The van der Waals surface area contributed by atoms with Gasteiger partial charge in [0.25, 0.3) is 0 Å². The molecular formula is C13H9FS. The molecule has 1 aromatic heterocycles. The third-order valence-electron chi connectivity index (χ3n) is 2.09. The highest BCUT2D eigenvalue weighted by Gasteiger charge is 2.00.